The lowest BCUT2D eigenvalue weighted by Crippen LogP contribution is -2.21. The summed E-state index contributed by atoms with van der Waals surface area (Å²) in [4.78, 5) is 15.7. The topological polar surface area (TPSA) is 83.0 Å². The van der Waals surface area contributed by atoms with Crippen molar-refractivity contribution in [3.63, 3.8) is 0 Å². The minimum atomic E-state index is -0.266. The standard InChI is InChI=1S/C25H35N5OS.C2H6/c1-5-6-7-8-21-15(2)27-24(32-21)22-16(3)28-25(26-14-18-9-10-18)30-23(22)29-20-12-11-19(13-20)17(4)31;1-2/h5-8,17-20,31H,9-14H2,1-4H3,(H2,26,28,29,30);1-2H3/b6-5-,8-7-;/t17?,19?,20-;/m0./s1. The van der Waals surface area contributed by atoms with Crippen molar-refractivity contribution in [2.24, 2.45) is 11.8 Å². The average Bonchev–Trinajstić information content (AvgIpc) is 3.41. The smallest absolute Gasteiger partial charge is 0.224 e. The van der Waals surface area contributed by atoms with Crippen LogP contribution in [0, 0.1) is 25.7 Å². The van der Waals surface area contributed by atoms with Gasteiger partial charge in [0.25, 0.3) is 0 Å². The molecule has 2 aromatic rings. The molecule has 6 nitrogen and oxygen atoms in total. The summed E-state index contributed by atoms with van der Waals surface area (Å²) >= 11 is 1.68. The van der Waals surface area contributed by atoms with Crippen molar-refractivity contribution in [1.82, 2.24) is 15.0 Å². The summed E-state index contributed by atoms with van der Waals surface area (Å²) in [7, 11) is 0. The molecular weight excluding hydrogens is 442 g/mol. The summed E-state index contributed by atoms with van der Waals surface area (Å²) in [5.74, 6) is 2.64. The second-order valence-electron chi connectivity index (χ2n) is 9.19. The first-order chi connectivity index (χ1) is 16.4. The van der Waals surface area contributed by atoms with Crippen molar-refractivity contribution in [2.45, 2.75) is 85.8 Å². The van der Waals surface area contributed by atoms with Crippen LogP contribution in [0.5, 0.6) is 0 Å². The first-order valence-corrected chi connectivity index (χ1v) is 13.6. The molecule has 0 amide bonds. The van der Waals surface area contributed by atoms with Crippen LogP contribution in [0.15, 0.2) is 18.2 Å². The molecule has 0 spiro atoms. The summed E-state index contributed by atoms with van der Waals surface area (Å²) < 4.78 is 0. The lowest BCUT2D eigenvalue weighted by atomic mass is 10.0. The van der Waals surface area contributed by atoms with Gasteiger partial charge in [-0.2, -0.15) is 4.98 Å². The maximum absolute atomic E-state index is 10.0. The molecule has 0 saturated heterocycles. The van der Waals surface area contributed by atoms with Crippen molar-refractivity contribution in [3.8, 4) is 10.6 Å². The van der Waals surface area contributed by atoms with Crippen molar-refractivity contribution >= 4 is 29.2 Å². The summed E-state index contributed by atoms with van der Waals surface area (Å²) in [6.07, 6.45) is 13.6. The third-order valence-electron chi connectivity index (χ3n) is 6.43. The van der Waals surface area contributed by atoms with E-state index >= 15 is 0 Å². The van der Waals surface area contributed by atoms with Crippen LogP contribution >= 0.6 is 11.3 Å². The van der Waals surface area contributed by atoms with Crippen LogP contribution in [-0.4, -0.2) is 38.7 Å². The van der Waals surface area contributed by atoms with E-state index in [2.05, 4.69) is 16.7 Å². The molecule has 7 heteroatoms. The highest BCUT2D eigenvalue weighted by Crippen LogP contribution is 2.38. The molecule has 2 aliphatic carbocycles. The lowest BCUT2D eigenvalue weighted by molar-refractivity contribution is 0.128. The summed E-state index contributed by atoms with van der Waals surface area (Å²) in [5.41, 5.74) is 2.94. The van der Waals surface area contributed by atoms with Crippen LogP contribution in [0.4, 0.5) is 11.8 Å². The summed E-state index contributed by atoms with van der Waals surface area (Å²) in [6, 6.07) is 0.300. The van der Waals surface area contributed by atoms with Crippen LogP contribution in [0.25, 0.3) is 16.6 Å². The third kappa shape index (κ3) is 6.89. The minimum absolute atomic E-state index is 0.266. The monoisotopic (exact) mass is 483 g/mol. The fraction of sp³-hybridized carbons (Fsp3) is 0.593. The van der Waals surface area contributed by atoms with Crippen LogP contribution in [0.1, 0.15) is 76.1 Å². The number of hydrogen-bond acceptors (Lipinski definition) is 7. The molecule has 0 radical (unpaired) electrons. The molecule has 2 aromatic heterocycles. The van der Waals surface area contributed by atoms with Crippen molar-refractivity contribution in [2.75, 3.05) is 17.2 Å². The van der Waals surface area contributed by atoms with Gasteiger partial charge in [0.15, 0.2) is 0 Å². The third-order valence-corrected chi connectivity index (χ3v) is 7.57. The quantitative estimate of drug-likeness (QED) is 0.348. The number of aromatic nitrogens is 3. The molecule has 0 aromatic carbocycles. The zero-order valence-corrected chi connectivity index (χ0v) is 22.4. The van der Waals surface area contributed by atoms with Gasteiger partial charge >= 0.3 is 0 Å². The Morgan fingerprint density at radius 3 is 2.47 bits per heavy atom. The molecule has 4 rings (SSSR count). The molecule has 2 unspecified atom stereocenters. The number of nitrogens with one attached hydrogen (secondary N) is 2. The van der Waals surface area contributed by atoms with Gasteiger partial charge in [0.1, 0.15) is 10.8 Å². The second kappa shape index (κ2) is 12.5. The number of hydrogen-bond donors (Lipinski definition) is 3. The van der Waals surface area contributed by atoms with Crippen molar-refractivity contribution in [3.05, 3.63) is 34.5 Å². The van der Waals surface area contributed by atoms with E-state index in [4.69, 9.17) is 15.0 Å². The SMILES string of the molecule is C/C=C\C=C/c1sc(-c2c(C)nc(NCC3CC3)nc2N[C@H]2CCC(C(C)O)C2)nc1C.CC. The Kier molecular flexibility index (Phi) is 9.65. The van der Waals surface area contributed by atoms with Crippen LogP contribution in [-0.2, 0) is 0 Å². The van der Waals surface area contributed by atoms with Crippen molar-refractivity contribution < 1.29 is 5.11 Å². The zero-order chi connectivity index (χ0) is 24.7. The fourth-order valence-corrected chi connectivity index (χ4v) is 5.35. The van der Waals surface area contributed by atoms with Gasteiger partial charge in [0.2, 0.25) is 5.95 Å². The van der Waals surface area contributed by atoms with Crippen molar-refractivity contribution in [1.29, 1.82) is 0 Å². The minimum Gasteiger partial charge on any atom is -0.393 e. The molecule has 2 aliphatic rings. The van der Waals surface area contributed by atoms with Gasteiger partial charge in [-0.25, -0.2) is 9.97 Å². The number of nitrogens with zero attached hydrogens (tertiary/aromatic N) is 3. The Morgan fingerprint density at radius 1 is 1.06 bits per heavy atom. The largest absolute Gasteiger partial charge is 0.393 e. The van der Waals surface area contributed by atoms with Crippen LogP contribution in [0.2, 0.25) is 0 Å². The maximum Gasteiger partial charge on any atom is 0.224 e. The van der Waals surface area contributed by atoms with Gasteiger partial charge in [0.05, 0.1) is 27.9 Å². The van der Waals surface area contributed by atoms with Gasteiger partial charge < -0.3 is 15.7 Å². The Morgan fingerprint density at radius 2 is 1.82 bits per heavy atom. The molecule has 3 N–H and O–H groups in total. The highest BCUT2D eigenvalue weighted by Gasteiger charge is 2.29. The molecule has 2 fully saturated rings. The van der Waals surface area contributed by atoms with E-state index in [0.29, 0.717) is 17.9 Å². The van der Waals surface area contributed by atoms with Gasteiger partial charge in [-0.15, -0.1) is 11.3 Å². The van der Waals surface area contributed by atoms with E-state index in [9.17, 15) is 5.11 Å². The normalized spacial score (nSPS) is 21.0. The zero-order valence-electron chi connectivity index (χ0n) is 21.6. The first kappa shape index (κ1) is 26.4. The lowest BCUT2D eigenvalue weighted by Gasteiger charge is -2.19. The van der Waals surface area contributed by atoms with Crippen LogP contribution in [0.3, 0.4) is 0 Å². The maximum atomic E-state index is 10.0. The predicted octanol–water partition coefficient (Wildman–Crippen LogP) is 6.62. The van der Waals surface area contributed by atoms with Gasteiger partial charge in [-0.05, 0) is 77.7 Å². The van der Waals surface area contributed by atoms with Gasteiger partial charge in [-0.1, -0.05) is 32.1 Å². The Labute approximate surface area is 209 Å². The molecule has 34 heavy (non-hydrogen) atoms. The number of allylic oxidation sites excluding steroid dienone is 3. The molecule has 3 atom stereocenters. The fourth-order valence-electron chi connectivity index (χ4n) is 4.27. The number of aliphatic hydroxyl groups is 1. The van der Waals surface area contributed by atoms with E-state index in [1.54, 1.807) is 11.3 Å². The predicted molar refractivity (Wildman–Crippen MR) is 145 cm³/mol. The average molecular weight is 484 g/mol. The highest BCUT2D eigenvalue weighted by atomic mass is 32.1. The molecular formula is C27H41N5OS. The Balaban J connectivity index is 0.00000158. The van der Waals surface area contributed by atoms with E-state index in [1.165, 1.54) is 12.8 Å². The number of thiazole rings is 1. The second-order valence-corrected chi connectivity index (χ2v) is 10.2. The van der Waals surface area contributed by atoms with E-state index in [-0.39, 0.29) is 6.10 Å². The highest BCUT2D eigenvalue weighted by molar-refractivity contribution is 7.16. The van der Waals surface area contributed by atoms with E-state index in [0.717, 1.165) is 64.4 Å². The molecule has 2 saturated carbocycles. The molecule has 186 valence electrons. The summed E-state index contributed by atoms with van der Waals surface area (Å²) in [5, 5.41) is 18.1. The molecule has 0 bridgehead atoms. The van der Waals surface area contributed by atoms with Crippen LogP contribution < -0.4 is 10.6 Å². The Hall–Kier alpha value is -2.25. The van der Waals surface area contributed by atoms with Gasteiger partial charge in [-0.3, -0.25) is 0 Å². The summed E-state index contributed by atoms with van der Waals surface area (Å²) in [6.45, 7) is 12.9. The van der Waals surface area contributed by atoms with E-state index in [1.807, 2.05) is 59.8 Å². The first-order valence-electron chi connectivity index (χ1n) is 12.8. The van der Waals surface area contributed by atoms with E-state index < -0.39 is 0 Å². The molecule has 2 heterocycles. The number of anilines is 2. The number of aryl methyl sites for hydroxylation is 2. The van der Waals surface area contributed by atoms with Gasteiger partial charge in [0, 0.05) is 12.6 Å². The molecule has 0 aliphatic heterocycles. The Bertz CT molecular complexity index is 993. The number of rotatable bonds is 9. The number of aliphatic hydroxyl groups excluding tert-OH is 1.